The highest BCUT2D eigenvalue weighted by Gasteiger charge is 2.48. The zero-order valence-corrected chi connectivity index (χ0v) is 8.58. The van der Waals surface area contributed by atoms with Crippen molar-refractivity contribution in [2.45, 2.75) is 19.4 Å². The third-order valence-corrected chi connectivity index (χ3v) is 3.12. The summed E-state index contributed by atoms with van der Waals surface area (Å²) in [4.78, 5) is 22.9. The number of rotatable bonds is 2. The summed E-state index contributed by atoms with van der Waals surface area (Å²) in [5, 5.41) is 0.476. The molecular formula is C10H11ClO3. The number of carbonyl (C=O) groups excluding carboxylic acids is 2. The first-order chi connectivity index (χ1) is 6.65. The summed E-state index contributed by atoms with van der Waals surface area (Å²) in [5.74, 6) is -1.58. The number of ketones is 2. The van der Waals surface area contributed by atoms with Crippen molar-refractivity contribution in [1.82, 2.24) is 0 Å². The first-order valence-electron chi connectivity index (χ1n) is 4.72. The molecule has 0 unspecified atom stereocenters. The number of hydrogen-bond donors (Lipinski definition) is 0. The molecule has 0 aromatic heterocycles. The number of carbonyl (C=O) groups is 2. The van der Waals surface area contributed by atoms with Crippen molar-refractivity contribution in [2.24, 2.45) is 11.8 Å². The van der Waals surface area contributed by atoms with Gasteiger partial charge in [-0.2, -0.15) is 0 Å². The first kappa shape index (κ1) is 9.87. The monoisotopic (exact) mass is 214 g/mol. The predicted molar refractivity (Wildman–Crippen MR) is 51.0 cm³/mol. The lowest BCUT2D eigenvalue weighted by Crippen LogP contribution is -2.48. The smallest absolute Gasteiger partial charge is 0.209 e. The lowest BCUT2D eigenvalue weighted by Gasteiger charge is -2.37. The Bertz CT molecular complexity index is 321. The third kappa shape index (κ3) is 1.31. The van der Waals surface area contributed by atoms with Gasteiger partial charge in [-0.1, -0.05) is 17.7 Å². The van der Waals surface area contributed by atoms with Gasteiger partial charge in [0.2, 0.25) is 11.6 Å². The summed E-state index contributed by atoms with van der Waals surface area (Å²) < 4.78 is 5.41. The molecule has 4 heteroatoms. The summed E-state index contributed by atoms with van der Waals surface area (Å²) >= 11 is 5.91. The fourth-order valence-corrected chi connectivity index (χ4v) is 2.51. The van der Waals surface area contributed by atoms with Gasteiger partial charge >= 0.3 is 0 Å². The average Bonchev–Trinajstić information content (AvgIpc) is 2.13. The van der Waals surface area contributed by atoms with Crippen LogP contribution in [0.15, 0.2) is 11.1 Å². The molecule has 0 aromatic carbocycles. The SMILES string of the molecule is CCO[C@@H]1C[C@H]2C=C(Cl)[C@@H]1C(=O)C2=O. The van der Waals surface area contributed by atoms with Gasteiger partial charge in [0.1, 0.15) is 0 Å². The van der Waals surface area contributed by atoms with Crippen LogP contribution < -0.4 is 0 Å². The molecule has 0 N–H and O–H groups in total. The lowest BCUT2D eigenvalue weighted by molar-refractivity contribution is -0.148. The average molecular weight is 215 g/mol. The molecule has 3 rings (SSSR count). The Morgan fingerprint density at radius 2 is 2.21 bits per heavy atom. The third-order valence-electron chi connectivity index (χ3n) is 2.76. The maximum absolute atomic E-state index is 11.5. The Morgan fingerprint density at radius 3 is 2.79 bits per heavy atom. The molecular weight excluding hydrogens is 204 g/mol. The van der Waals surface area contributed by atoms with E-state index in [1.807, 2.05) is 6.92 Å². The van der Waals surface area contributed by atoms with Crippen LogP contribution in [0, 0.1) is 11.8 Å². The van der Waals surface area contributed by atoms with E-state index in [0.29, 0.717) is 18.1 Å². The van der Waals surface area contributed by atoms with Crippen LogP contribution in [-0.2, 0) is 14.3 Å². The van der Waals surface area contributed by atoms with Crippen LogP contribution in [-0.4, -0.2) is 24.3 Å². The molecule has 3 nitrogen and oxygen atoms in total. The Morgan fingerprint density at radius 1 is 1.50 bits per heavy atom. The Kier molecular flexibility index (Phi) is 2.45. The number of hydrogen-bond acceptors (Lipinski definition) is 3. The first-order valence-corrected chi connectivity index (χ1v) is 5.09. The fraction of sp³-hybridized carbons (Fsp3) is 0.600. The van der Waals surface area contributed by atoms with E-state index in [-0.39, 0.29) is 23.6 Å². The molecule has 1 saturated carbocycles. The minimum atomic E-state index is -0.533. The number of Topliss-reactive ketones (excluding diaryl/α,β-unsaturated/α-hetero) is 2. The molecule has 0 aromatic rings. The maximum atomic E-state index is 11.5. The van der Waals surface area contributed by atoms with Gasteiger partial charge in [0.25, 0.3) is 0 Å². The van der Waals surface area contributed by atoms with Crippen LogP contribution in [0.25, 0.3) is 0 Å². The van der Waals surface area contributed by atoms with Gasteiger partial charge < -0.3 is 4.74 Å². The van der Waals surface area contributed by atoms with Crippen molar-refractivity contribution in [3.8, 4) is 0 Å². The molecule has 3 aliphatic rings. The molecule has 2 bridgehead atoms. The van der Waals surface area contributed by atoms with E-state index in [2.05, 4.69) is 0 Å². The van der Waals surface area contributed by atoms with Crippen molar-refractivity contribution in [1.29, 1.82) is 0 Å². The number of ether oxygens (including phenoxy) is 1. The fourth-order valence-electron chi connectivity index (χ4n) is 2.12. The number of fused-ring (bicyclic) bond motifs is 2. The van der Waals surface area contributed by atoms with Crippen molar-refractivity contribution >= 4 is 23.2 Å². The van der Waals surface area contributed by atoms with Gasteiger partial charge in [0.15, 0.2) is 0 Å². The number of halogens is 1. The normalized spacial score (nSPS) is 36.1. The van der Waals surface area contributed by atoms with Gasteiger partial charge in [-0.25, -0.2) is 0 Å². The van der Waals surface area contributed by atoms with Gasteiger partial charge in [0.05, 0.1) is 12.0 Å². The summed E-state index contributed by atoms with van der Waals surface area (Å²) in [7, 11) is 0. The van der Waals surface area contributed by atoms with Crippen LogP contribution in [0.4, 0.5) is 0 Å². The Balaban J connectivity index is 2.30. The second-order valence-corrected chi connectivity index (χ2v) is 4.03. The molecule has 1 fully saturated rings. The van der Waals surface area contributed by atoms with E-state index in [0.717, 1.165) is 0 Å². The molecule has 0 saturated heterocycles. The molecule has 0 aliphatic heterocycles. The maximum Gasteiger partial charge on any atom is 0.209 e. The topological polar surface area (TPSA) is 43.4 Å². The van der Waals surface area contributed by atoms with E-state index >= 15 is 0 Å². The highest BCUT2D eigenvalue weighted by molar-refractivity contribution is 6.45. The Hall–Kier alpha value is -0.670. The van der Waals surface area contributed by atoms with Crippen molar-refractivity contribution < 1.29 is 14.3 Å². The van der Waals surface area contributed by atoms with E-state index in [1.165, 1.54) is 0 Å². The molecule has 3 aliphatic carbocycles. The molecule has 14 heavy (non-hydrogen) atoms. The van der Waals surface area contributed by atoms with E-state index in [4.69, 9.17) is 16.3 Å². The van der Waals surface area contributed by atoms with Crippen molar-refractivity contribution in [3.63, 3.8) is 0 Å². The van der Waals surface area contributed by atoms with Crippen LogP contribution in [0.5, 0.6) is 0 Å². The minimum absolute atomic E-state index is 0.201. The van der Waals surface area contributed by atoms with E-state index in [1.54, 1.807) is 6.08 Å². The van der Waals surface area contributed by atoms with Crippen LogP contribution in [0.3, 0.4) is 0 Å². The standard InChI is InChI=1S/C10H11ClO3/c1-2-14-7-4-5-3-6(11)8(7)10(13)9(5)12/h3,5,7-8H,2,4H2,1H3/t5-,7-,8+/m1/s1. The predicted octanol–water partition coefficient (Wildman–Crippen LogP) is 1.30. The molecule has 0 amide bonds. The highest BCUT2D eigenvalue weighted by Crippen LogP contribution is 2.39. The van der Waals surface area contributed by atoms with Gasteiger partial charge in [0, 0.05) is 17.6 Å². The van der Waals surface area contributed by atoms with Crippen LogP contribution in [0.1, 0.15) is 13.3 Å². The highest BCUT2D eigenvalue weighted by atomic mass is 35.5. The van der Waals surface area contributed by atoms with E-state index < -0.39 is 5.92 Å². The van der Waals surface area contributed by atoms with Gasteiger partial charge in [-0.3, -0.25) is 9.59 Å². The summed E-state index contributed by atoms with van der Waals surface area (Å²) in [5.41, 5.74) is 0. The Labute approximate surface area is 87.1 Å². The zero-order chi connectivity index (χ0) is 10.3. The second-order valence-electron chi connectivity index (χ2n) is 3.59. The van der Waals surface area contributed by atoms with Crippen LogP contribution in [0.2, 0.25) is 0 Å². The zero-order valence-electron chi connectivity index (χ0n) is 7.83. The van der Waals surface area contributed by atoms with Gasteiger partial charge in [-0.15, -0.1) is 0 Å². The van der Waals surface area contributed by atoms with Crippen LogP contribution >= 0.6 is 11.6 Å². The lowest BCUT2D eigenvalue weighted by atomic mass is 9.72. The largest absolute Gasteiger partial charge is 0.377 e. The van der Waals surface area contributed by atoms with Crippen molar-refractivity contribution in [2.75, 3.05) is 6.61 Å². The minimum Gasteiger partial charge on any atom is -0.377 e. The summed E-state index contributed by atoms with van der Waals surface area (Å²) in [6.07, 6.45) is 2.08. The molecule has 76 valence electrons. The molecule has 0 spiro atoms. The second kappa shape index (κ2) is 3.48. The summed E-state index contributed by atoms with van der Waals surface area (Å²) in [6.45, 7) is 2.41. The molecule has 3 atom stereocenters. The number of allylic oxidation sites excluding steroid dienone is 1. The quantitative estimate of drug-likeness (QED) is 0.651. The molecule has 0 heterocycles. The summed E-state index contributed by atoms with van der Waals surface area (Å²) in [6, 6.07) is 0. The van der Waals surface area contributed by atoms with Crippen molar-refractivity contribution in [3.05, 3.63) is 11.1 Å². The van der Waals surface area contributed by atoms with E-state index in [9.17, 15) is 9.59 Å². The molecule has 0 radical (unpaired) electrons. The van der Waals surface area contributed by atoms with Gasteiger partial charge in [-0.05, 0) is 13.3 Å².